The Morgan fingerprint density at radius 2 is 2.00 bits per heavy atom. The van der Waals surface area contributed by atoms with Crippen LogP contribution in [-0.2, 0) is 6.42 Å². The SMILES string of the molecule is CN=C(NCCc1ccco1)NCC(c1ccccc1OC)N1CCCC1. The fraction of sp³-hybridized carbons (Fsp3) is 0.476. The highest BCUT2D eigenvalue weighted by molar-refractivity contribution is 5.79. The van der Waals surface area contributed by atoms with Crippen LogP contribution in [0.2, 0.25) is 0 Å². The molecule has 0 radical (unpaired) electrons. The molecule has 1 aliphatic heterocycles. The fourth-order valence-corrected chi connectivity index (χ4v) is 3.60. The van der Waals surface area contributed by atoms with Gasteiger partial charge in [-0.1, -0.05) is 18.2 Å². The highest BCUT2D eigenvalue weighted by Crippen LogP contribution is 2.31. The van der Waals surface area contributed by atoms with Crippen LogP contribution < -0.4 is 15.4 Å². The molecule has 6 heteroatoms. The van der Waals surface area contributed by atoms with Crippen LogP contribution >= 0.6 is 0 Å². The second-order valence-electron chi connectivity index (χ2n) is 6.71. The minimum absolute atomic E-state index is 0.257. The molecular weight excluding hydrogens is 340 g/mol. The van der Waals surface area contributed by atoms with Crippen LogP contribution in [0.5, 0.6) is 5.75 Å². The molecule has 0 bridgehead atoms. The van der Waals surface area contributed by atoms with Gasteiger partial charge in [0.05, 0.1) is 19.4 Å². The molecular formula is C21H30N4O2. The summed E-state index contributed by atoms with van der Waals surface area (Å²) in [5.74, 6) is 2.72. The van der Waals surface area contributed by atoms with Gasteiger partial charge in [-0.05, 0) is 44.1 Å². The monoisotopic (exact) mass is 370 g/mol. The Labute approximate surface area is 161 Å². The van der Waals surface area contributed by atoms with E-state index in [0.29, 0.717) is 0 Å². The van der Waals surface area contributed by atoms with Gasteiger partial charge in [0.15, 0.2) is 5.96 Å². The Kier molecular flexibility index (Phi) is 7.16. The van der Waals surface area contributed by atoms with Crippen LogP contribution in [-0.4, -0.2) is 51.2 Å². The summed E-state index contributed by atoms with van der Waals surface area (Å²) < 4.78 is 11.0. The lowest BCUT2D eigenvalue weighted by molar-refractivity contribution is 0.239. The van der Waals surface area contributed by atoms with Crippen molar-refractivity contribution < 1.29 is 9.15 Å². The first-order chi connectivity index (χ1) is 13.3. The number of ether oxygens (including phenoxy) is 1. The Morgan fingerprint density at radius 1 is 1.19 bits per heavy atom. The lowest BCUT2D eigenvalue weighted by atomic mass is 10.0. The number of benzene rings is 1. The average Bonchev–Trinajstić information content (AvgIpc) is 3.41. The highest BCUT2D eigenvalue weighted by Gasteiger charge is 2.25. The molecule has 1 atom stereocenters. The fourth-order valence-electron chi connectivity index (χ4n) is 3.60. The van der Waals surface area contributed by atoms with Gasteiger partial charge in [0, 0.05) is 32.1 Å². The van der Waals surface area contributed by atoms with Crippen molar-refractivity contribution in [2.45, 2.75) is 25.3 Å². The third-order valence-electron chi connectivity index (χ3n) is 5.01. The van der Waals surface area contributed by atoms with Crippen molar-refractivity contribution in [2.75, 3.05) is 40.3 Å². The number of methoxy groups -OCH3 is 1. The topological polar surface area (TPSA) is 62.0 Å². The van der Waals surface area contributed by atoms with E-state index in [1.807, 2.05) is 24.3 Å². The Morgan fingerprint density at radius 3 is 2.70 bits per heavy atom. The number of hydrogen-bond acceptors (Lipinski definition) is 4. The minimum Gasteiger partial charge on any atom is -0.496 e. The largest absolute Gasteiger partial charge is 0.496 e. The molecule has 0 saturated carbocycles. The standard InChI is InChI=1S/C21H30N4O2/c1-22-21(23-12-11-17-8-7-15-27-17)24-16-19(25-13-5-6-14-25)18-9-3-4-10-20(18)26-2/h3-4,7-10,15,19H,5-6,11-14,16H2,1-2H3,(H2,22,23,24). The summed E-state index contributed by atoms with van der Waals surface area (Å²) in [5, 5.41) is 6.85. The molecule has 1 unspecified atom stereocenters. The second kappa shape index (κ2) is 10.0. The lowest BCUT2D eigenvalue weighted by Gasteiger charge is -2.30. The number of nitrogens with one attached hydrogen (secondary N) is 2. The van der Waals surface area contributed by atoms with E-state index < -0.39 is 0 Å². The van der Waals surface area contributed by atoms with Crippen molar-refractivity contribution >= 4 is 5.96 Å². The molecule has 1 saturated heterocycles. The third kappa shape index (κ3) is 5.26. The van der Waals surface area contributed by atoms with E-state index in [4.69, 9.17) is 9.15 Å². The van der Waals surface area contributed by atoms with Gasteiger partial charge in [0.2, 0.25) is 0 Å². The van der Waals surface area contributed by atoms with Crippen molar-refractivity contribution in [3.8, 4) is 5.75 Å². The number of guanidine groups is 1. The summed E-state index contributed by atoms with van der Waals surface area (Å²) in [6.07, 6.45) is 5.04. The molecule has 1 aromatic carbocycles. The Hall–Kier alpha value is -2.47. The smallest absolute Gasteiger partial charge is 0.191 e. The summed E-state index contributed by atoms with van der Waals surface area (Å²) in [6.45, 7) is 3.79. The molecule has 1 fully saturated rings. The second-order valence-corrected chi connectivity index (χ2v) is 6.71. The van der Waals surface area contributed by atoms with Crippen LogP contribution in [0.4, 0.5) is 0 Å². The molecule has 0 aliphatic carbocycles. The van der Waals surface area contributed by atoms with Crippen molar-refractivity contribution in [3.05, 3.63) is 54.0 Å². The molecule has 6 nitrogen and oxygen atoms in total. The molecule has 0 spiro atoms. The molecule has 1 aliphatic rings. The van der Waals surface area contributed by atoms with Crippen molar-refractivity contribution in [3.63, 3.8) is 0 Å². The zero-order chi connectivity index (χ0) is 18.9. The predicted octanol–water partition coefficient (Wildman–Crippen LogP) is 2.83. The molecule has 1 aromatic heterocycles. The lowest BCUT2D eigenvalue weighted by Crippen LogP contribution is -2.43. The van der Waals surface area contributed by atoms with Crippen molar-refractivity contribution in [1.29, 1.82) is 0 Å². The maximum absolute atomic E-state index is 5.61. The van der Waals surface area contributed by atoms with Crippen LogP contribution in [0.1, 0.15) is 30.2 Å². The van der Waals surface area contributed by atoms with Gasteiger partial charge < -0.3 is 19.8 Å². The number of nitrogens with zero attached hydrogens (tertiary/aromatic N) is 2. The van der Waals surface area contributed by atoms with E-state index >= 15 is 0 Å². The van der Waals surface area contributed by atoms with E-state index in [2.05, 4.69) is 32.7 Å². The number of furan rings is 1. The summed E-state index contributed by atoms with van der Waals surface area (Å²) in [7, 11) is 3.54. The van der Waals surface area contributed by atoms with Crippen molar-refractivity contribution in [2.24, 2.45) is 4.99 Å². The van der Waals surface area contributed by atoms with E-state index in [9.17, 15) is 0 Å². The zero-order valence-electron chi connectivity index (χ0n) is 16.3. The first kappa shape index (κ1) is 19.3. The highest BCUT2D eigenvalue weighted by atomic mass is 16.5. The predicted molar refractivity (Wildman–Crippen MR) is 108 cm³/mol. The van der Waals surface area contributed by atoms with Gasteiger partial charge >= 0.3 is 0 Å². The van der Waals surface area contributed by atoms with E-state index in [-0.39, 0.29) is 6.04 Å². The molecule has 146 valence electrons. The first-order valence-corrected chi connectivity index (χ1v) is 9.65. The Bertz CT molecular complexity index is 709. The summed E-state index contributed by atoms with van der Waals surface area (Å²) in [6, 6.07) is 12.5. The molecule has 2 N–H and O–H groups in total. The van der Waals surface area contributed by atoms with Gasteiger partial charge in [-0.15, -0.1) is 0 Å². The molecule has 27 heavy (non-hydrogen) atoms. The van der Waals surface area contributed by atoms with E-state index in [1.54, 1.807) is 20.4 Å². The number of para-hydroxylation sites is 1. The van der Waals surface area contributed by atoms with Crippen LogP contribution in [0.25, 0.3) is 0 Å². The molecule has 2 aromatic rings. The van der Waals surface area contributed by atoms with Crippen molar-refractivity contribution in [1.82, 2.24) is 15.5 Å². The molecule has 3 rings (SSSR count). The summed E-state index contributed by atoms with van der Waals surface area (Å²) in [5.41, 5.74) is 1.22. The maximum Gasteiger partial charge on any atom is 0.191 e. The molecule has 2 heterocycles. The Balaban J connectivity index is 1.61. The minimum atomic E-state index is 0.257. The average molecular weight is 370 g/mol. The van der Waals surface area contributed by atoms with E-state index in [1.165, 1.54) is 18.4 Å². The van der Waals surface area contributed by atoms with Crippen LogP contribution in [0.15, 0.2) is 52.1 Å². The quantitative estimate of drug-likeness (QED) is 0.553. The first-order valence-electron chi connectivity index (χ1n) is 9.65. The normalized spacial score (nSPS) is 16.3. The maximum atomic E-state index is 5.61. The number of likely N-dealkylation sites (tertiary alicyclic amines) is 1. The number of aliphatic imine (C=N–C) groups is 1. The van der Waals surface area contributed by atoms with Gasteiger partial charge in [0.25, 0.3) is 0 Å². The number of rotatable bonds is 8. The zero-order valence-corrected chi connectivity index (χ0v) is 16.3. The van der Waals surface area contributed by atoms with Gasteiger partial charge in [-0.3, -0.25) is 9.89 Å². The van der Waals surface area contributed by atoms with Gasteiger partial charge in [-0.2, -0.15) is 0 Å². The number of hydrogen-bond donors (Lipinski definition) is 2. The van der Waals surface area contributed by atoms with Crippen LogP contribution in [0.3, 0.4) is 0 Å². The third-order valence-corrected chi connectivity index (χ3v) is 5.01. The summed E-state index contributed by atoms with van der Waals surface area (Å²) in [4.78, 5) is 6.88. The van der Waals surface area contributed by atoms with Gasteiger partial charge in [0.1, 0.15) is 11.5 Å². The van der Waals surface area contributed by atoms with Gasteiger partial charge in [-0.25, -0.2) is 0 Å². The van der Waals surface area contributed by atoms with Crippen LogP contribution in [0, 0.1) is 0 Å². The summed E-state index contributed by atoms with van der Waals surface area (Å²) >= 11 is 0. The molecule has 0 amide bonds. The van der Waals surface area contributed by atoms with E-state index in [0.717, 1.165) is 50.1 Å².